The summed E-state index contributed by atoms with van der Waals surface area (Å²) in [4.78, 5) is 4.05. The van der Waals surface area contributed by atoms with Crippen LogP contribution in [-0.4, -0.2) is 14.6 Å². The lowest BCUT2D eigenvalue weighted by molar-refractivity contribution is 0.151. The number of hydrogen-bond acceptors (Lipinski definition) is 2. The highest BCUT2D eigenvalue weighted by molar-refractivity contribution is 6.29. The van der Waals surface area contributed by atoms with E-state index in [1.165, 1.54) is 12.1 Å². The summed E-state index contributed by atoms with van der Waals surface area (Å²) in [5.74, 6) is -0.233. The summed E-state index contributed by atoms with van der Waals surface area (Å²) in [5.41, 5.74) is 2.27. The third-order valence-corrected chi connectivity index (χ3v) is 4.42. The fourth-order valence-corrected chi connectivity index (χ4v) is 3.20. The number of nitrogens with zero attached hydrogens (tertiary/aromatic N) is 3. The average molecular weight is 338 g/mol. The van der Waals surface area contributed by atoms with Crippen molar-refractivity contribution in [3.63, 3.8) is 0 Å². The van der Waals surface area contributed by atoms with Gasteiger partial charge in [-0.1, -0.05) is 35.9 Å². The van der Waals surface area contributed by atoms with Gasteiger partial charge >= 0.3 is 0 Å². The molecule has 0 unspecified atom stereocenters. The molecule has 0 amide bonds. The van der Waals surface area contributed by atoms with Crippen LogP contribution in [0.2, 0.25) is 5.15 Å². The number of rotatable bonds is 3. The topological polar surface area (TPSA) is 30.2 Å². The molecule has 1 aromatic carbocycles. The summed E-state index contributed by atoms with van der Waals surface area (Å²) in [7, 11) is 0. The van der Waals surface area contributed by atoms with Crippen molar-refractivity contribution < 1.29 is 13.2 Å². The van der Waals surface area contributed by atoms with Gasteiger partial charge in [-0.25, -0.2) is 13.8 Å². The van der Waals surface area contributed by atoms with E-state index in [9.17, 15) is 13.2 Å². The minimum atomic E-state index is -2.47. The van der Waals surface area contributed by atoms with Crippen LogP contribution in [-0.2, 0) is 0 Å². The highest BCUT2D eigenvalue weighted by atomic mass is 35.5. The van der Waals surface area contributed by atoms with E-state index in [0.29, 0.717) is 5.65 Å². The molecule has 118 valence electrons. The molecular formula is C16H11ClF3N3. The van der Waals surface area contributed by atoms with Gasteiger partial charge in [0.25, 0.3) is 6.43 Å². The Morgan fingerprint density at radius 1 is 1.17 bits per heavy atom. The number of aromatic nitrogens is 3. The Morgan fingerprint density at radius 2 is 1.91 bits per heavy atom. The molecule has 0 saturated heterocycles. The van der Waals surface area contributed by atoms with Gasteiger partial charge in [-0.15, -0.1) is 0 Å². The molecule has 7 heteroatoms. The summed E-state index contributed by atoms with van der Waals surface area (Å²) < 4.78 is 39.9. The molecule has 0 aliphatic heterocycles. The number of hydrogen-bond donors (Lipinski definition) is 0. The summed E-state index contributed by atoms with van der Waals surface area (Å²) >= 11 is 5.96. The lowest BCUT2D eigenvalue weighted by Crippen LogP contribution is -1.99. The molecule has 3 nitrogen and oxygen atoms in total. The van der Waals surface area contributed by atoms with Crippen LogP contribution in [0.4, 0.5) is 13.2 Å². The fourth-order valence-electron chi connectivity index (χ4n) is 3.00. The molecule has 0 radical (unpaired) electrons. The Kier molecular flexibility index (Phi) is 3.30. The number of imidazole rings is 1. The second-order valence-corrected chi connectivity index (χ2v) is 6.04. The number of benzene rings is 1. The number of fused-ring (bicyclic) bond motifs is 1. The van der Waals surface area contributed by atoms with Gasteiger partial charge < -0.3 is 0 Å². The monoisotopic (exact) mass is 337 g/mol. The molecule has 2 aromatic heterocycles. The third kappa shape index (κ3) is 2.47. The first-order chi connectivity index (χ1) is 11.0. The van der Waals surface area contributed by atoms with Crippen molar-refractivity contribution in [2.45, 2.75) is 24.7 Å². The zero-order chi connectivity index (χ0) is 16.1. The SMILES string of the molecule is Fc1cnc2c([C@H]3C[C@@H]3c3ccc(C(F)F)cc3)cc(Cl)nn12. The van der Waals surface area contributed by atoms with Crippen LogP contribution >= 0.6 is 11.6 Å². The van der Waals surface area contributed by atoms with E-state index < -0.39 is 12.4 Å². The van der Waals surface area contributed by atoms with Gasteiger partial charge in [-0.05, 0) is 29.9 Å². The van der Waals surface area contributed by atoms with Crippen LogP contribution in [0.5, 0.6) is 0 Å². The second-order valence-electron chi connectivity index (χ2n) is 5.65. The fraction of sp³-hybridized carbons (Fsp3) is 0.250. The molecule has 1 fully saturated rings. The molecule has 0 N–H and O–H groups in total. The second kappa shape index (κ2) is 5.23. The predicted molar refractivity (Wildman–Crippen MR) is 79.5 cm³/mol. The summed E-state index contributed by atoms with van der Waals surface area (Å²) in [5, 5.41) is 4.09. The zero-order valence-corrected chi connectivity index (χ0v) is 12.5. The Hall–Kier alpha value is -2.08. The van der Waals surface area contributed by atoms with Crippen LogP contribution in [0.15, 0.2) is 36.5 Å². The van der Waals surface area contributed by atoms with Crippen molar-refractivity contribution in [3.8, 4) is 0 Å². The maximum absolute atomic E-state index is 13.6. The highest BCUT2D eigenvalue weighted by Crippen LogP contribution is 2.55. The summed E-state index contributed by atoms with van der Waals surface area (Å²) in [6, 6.07) is 8.03. The van der Waals surface area contributed by atoms with E-state index in [1.54, 1.807) is 18.2 Å². The molecular weight excluding hydrogens is 327 g/mol. The molecule has 1 saturated carbocycles. The lowest BCUT2D eigenvalue weighted by atomic mass is 10.0. The number of halogens is 4. The lowest BCUT2D eigenvalue weighted by Gasteiger charge is -2.05. The van der Waals surface area contributed by atoms with E-state index in [2.05, 4.69) is 10.1 Å². The third-order valence-electron chi connectivity index (χ3n) is 4.23. The molecule has 0 spiro atoms. The Labute approximate surface area is 134 Å². The molecule has 1 aliphatic rings. The van der Waals surface area contributed by atoms with Gasteiger partial charge in [0.2, 0.25) is 5.95 Å². The Bertz CT molecular complexity index is 876. The van der Waals surface area contributed by atoms with Crippen molar-refractivity contribution in [2.24, 2.45) is 0 Å². The van der Waals surface area contributed by atoms with Crippen molar-refractivity contribution in [1.29, 1.82) is 0 Å². The van der Waals surface area contributed by atoms with Gasteiger partial charge in [-0.2, -0.15) is 14.0 Å². The van der Waals surface area contributed by atoms with Crippen LogP contribution in [0.1, 0.15) is 41.4 Å². The van der Waals surface area contributed by atoms with E-state index in [-0.39, 0.29) is 22.6 Å². The minimum Gasteiger partial charge on any atom is -0.232 e. The molecule has 23 heavy (non-hydrogen) atoms. The van der Waals surface area contributed by atoms with Gasteiger partial charge in [0.1, 0.15) is 0 Å². The van der Waals surface area contributed by atoms with Crippen LogP contribution in [0.3, 0.4) is 0 Å². The summed E-state index contributed by atoms with van der Waals surface area (Å²) in [6.45, 7) is 0. The van der Waals surface area contributed by atoms with Crippen LogP contribution in [0.25, 0.3) is 5.65 Å². The average Bonchev–Trinajstić information content (AvgIpc) is 3.25. The van der Waals surface area contributed by atoms with E-state index in [4.69, 9.17) is 11.6 Å². The molecule has 1 aliphatic carbocycles. The molecule has 0 bridgehead atoms. The number of alkyl halides is 2. The first-order valence-electron chi connectivity index (χ1n) is 7.12. The first kappa shape index (κ1) is 14.5. The van der Waals surface area contributed by atoms with Gasteiger partial charge in [-0.3, -0.25) is 0 Å². The van der Waals surface area contributed by atoms with E-state index in [1.807, 2.05) is 0 Å². The minimum absolute atomic E-state index is 0.00984. The van der Waals surface area contributed by atoms with Crippen LogP contribution < -0.4 is 0 Å². The predicted octanol–water partition coefficient (Wildman–Crippen LogP) is 4.73. The van der Waals surface area contributed by atoms with E-state index >= 15 is 0 Å². The van der Waals surface area contributed by atoms with Crippen molar-refractivity contribution >= 4 is 17.2 Å². The van der Waals surface area contributed by atoms with Crippen molar-refractivity contribution in [3.05, 3.63) is 64.3 Å². The largest absolute Gasteiger partial charge is 0.263 e. The van der Waals surface area contributed by atoms with Crippen molar-refractivity contribution in [2.75, 3.05) is 0 Å². The quantitative estimate of drug-likeness (QED) is 0.691. The zero-order valence-electron chi connectivity index (χ0n) is 11.8. The van der Waals surface area contributed by atoms with Gasteiger partial charge in [0, 0.05) is 11.1 Å². The smallest absolute Gasteiger partial charge is 0.232 e. The Balaban J connectivity index is 1.66. The first-order valence-corrected chi connectivity index (χ1v) is 7.50. The normalized spacial score (nSPS) is 20.4. The van der Waals surface area contributed by atoms with Gasteiger partial charge in [0.15, 0.2) is 10.8 Å². The molecule has 2 atom stereocenters. The molecule has 4 rings (SSSR count). The maximum atomic E-state index is 13.6. The Morgan fingerprint density at radius 3 is 2.61 bits per heavy atom. The maximum Gasteiger partial charge on any atom is 0.263 e. The molecule has 3 aromatic rings. The molecule has 2 heterocycles. The van der Waals surface area contributed by atoms with Crippen LogP contribution in [0, 0.1) is 5.95 Å². The van der Waals surface area contributed by atoms with Crippen molar-refractivity contribution in [1.82, 2.24) is 14.6 Å². The van der Waals surface area contributed by atoms with Gasteiger partial charge in [0.05, 0.1) is 6.20 Å². The standard InChI is InChI=1S/C16H11ClF3N3/c17-13-6-12(16-21-7-14(18)23(16)22-13)11-5-10(11)8-1-3-9(4-2-8)15(19)20/h1-4,6-7,10-11,15H,5H2/t10-,11+/m1/s1. The van der Waals surface area contributed by atoms with E-state index in [0.717, 1.165) is 28.3 Å². The summed E-state index contributed by atoms with van der Waals surface area (Å²) in [6.07, 6.45) is -0.513. The highest BCUT2D eigenvalue weighted by Gasteiger charge is 2.41.